The summed E-state index contributed by atoms with van der Waals surface area (Å²) in [6.07, 6.45) is 0.775. The fourth-order valence-corrected chi connectivity index (χ4v) is 2.44. The van der Waals surface area contributed by atoms with E-state index < -0.39 is 11.8 Å². The zero-order valence-corrected chi connectivity index (χ0v) is 12.1. The molecule has 0 saturated carbocycles. The lowest BCUT2D eigenvalue weighted by molar-refractivity contribution is -0.158. The van der Waals surface area contributed by atoms with Crippen molar-refractivity contribution in [1.29, 1.82) is 0 Å². The molecule has 0 radical (unpaired) electrons. The molecular formula is C14H19ClF2N2O. The van der Waals surface area contributed by atoms with Crippen LogP contribution in [0.4, 0.5) is 8.78 Å². The van der Waals surface area contributed by atoms with E-state index in [4.69, 9.17) is 0 Å². The van der Waals surface area contributed by atoms with E-state index in [1.807, 2.05) is 7.05 Å². The van der Waals surface area contributed by atoms with Crippen LogP contribution in [0, 0.1) is 5.92 Å². The van der Waals surface area contributed by atoms with E-state index in [1.165, 1.54) is 29.2 Å². The molecule has 20 heavy (non-hydrogen) atoms. The summed E-state index contributed by atoms with van der Waals surface area (Å²) in [6, 6.07) is 7.27. The van der Waals surface area contributed by atoms with Gasteiger partial charge in [0.05, 0.1) is 0 Å². The van der Waals surface area contributed by atoms with E-state index in [0.29, 0.717) is 13.1 Å². The Morgan fingerprint density at radius 2 is 2.05 bits per heavy atom. The van der Waals surface area contributed by atoms with Gasteiger partial charge in [-0.1, -0.05) is 30.3 Å². The molecule has 112 valence electrons. The summed E-state index contributed by atoms with van der Waals surface area (Å²) in [6.45, 7) is 1.57. The number of amides is 1. The maximum absolute atomic E-state index is 14.1. The first kappa shape index (κ1) is 16.9. The summed E-state index contributed by atoms with van der Waals surface area (Å²) in [5, 5.41) is 3.01. The molecule has 1 fully saturated rings. The summed E-state index contributed by atoms with van der Waals surface area (Å²) in [5.41, 5.74) is -0.239. The number of rotatable bonds is 4. The van der Waals surface area contributed by atoms with E-state index in [2.05, 4.69) is 5.32 Å². The summed E-state index contributed by atoms with van der Waals surface area (Å²) in [7, 11) is 1.82. The number of carbonyl (C=O) groups is 1. The third-order valence-corrected chi connectivity index (χ3v) is 3.47. The van der Waals surface area contributed by atoms with E-state index in [1.54, 1.807) is 6.07 Å². The molecule has 0 bridgehead atoms. The zero-order valence-electron chi connectivity index (χ0n) is 11.3. The highest BCUT2D eigenvalue weighted by molar-refractivity contribution is 5.85. The van der Waals surface area contributed by atoms with Gasteiger partial charge in [-0.25, -0.2) is 0 Å². The maximum Gasteiger partial charge on any atom is 0.349 e. The highest BCUT2D eigenvalue weighted by atomic mass is 35.5. The second-order valence-electron chi connectivity index (χ2n) is 4.90. The van der Waals surface area contributed by atoms with Gasteiger partial charge in [0.25, 0.3) is 5.91 Å². The summed E-state index contributed by atoms with van der Waals surface area (Å²) in [5.74, 6) is -4.26. The maximum atomic E-state index is 14.1. The first-order chi connectivity index (χ1) is 9.05. The van der Waals surface area contributed by atoms with Gasteiger partial charge in [-0.05, 0) is 25.9 Å². The van der Waals surface area contributed by atoms with Gasteiger partial charge in [0.2, 0.25) is 0 Å². The van der Waals surface area contributed by atoms with Crippen molar-refractivity contribution in [3.63, 3.8) is 0 Å². The van der Waals surface area contributed by atoms with Gasteiger partial charge in [0.1, 0.15) is 0 Å². The van der Waals surface area contributed by atoms with Crippen molar-refractivity contribution >= 4 is 18.3 Å². The van der Waals surface area contributed by atoms with E-state index in [-0.39, 0.29) is 23.9 Å². The van der Waals surface area contributed by atoms with Crippen molar-refractivity contribution in [2.45, 2.75) is 12.3 Å². The Kier molecular flexibility index (Phi) is 5.89. The third kappa shape index (κ3) is 3.46. The first-order valence-electron chi connectivity index (χ1n) is 6.43. The van der Waals surface area contributed by atoms with Gasteiger partial charge in [-0.2, -0.15) is 8.78 Å². The number of benzene rings is 1. The highest BCUT2D eigenvalue weighted by Gasteiger charge is 2.45. The Labute approximate surface area is 123 Å². The number of nitrogens with zero attached hydrogens (tertiary/aromatic N) is 1. The molecule has 1 aromatic rings. The molecule has 0 aromatic heterocycles. The largest absolute Gasteiger partial charge is 0.349 e. The quantitative estimate of drug-likeness (QED) is 0.925. The zero-order chi connectivity index (χ0) is 13.9. The Morgan fingerprint density at radius 1 is 1.40 bits per heavy atom. The van der Waals surface area contributed by atoms with Gasteiger partial charge in [0.15, 0.2) is 0 Å². The van der Waals surface area contributed by atoms with E-state index >= 15 is 0 Å². The minimum Gasteiger partial charge on any atom is -0.337 e. The predicted molar refractivity (Wildman–Crippen MR) is 76.2 cm³/mol. The number of hydrogen-bond acceptors (Lipinski definition) is 2. The van der Waals surface area contributed by atoms with Crippen molar-refractivity contribution in [1.82, 2.24) is 10.2 Å². The lowest BCUT2D eigenvalue weighted by Gasteiger charge is -2.23. The van der Waals surface area contributed by atoms with Crippen molar-refractivity contribution < 1.29 is 13.6 Å². The second kappa shape index (κ2) is 6.99. The van der Waals surface area contributed by atoms with Gasteiger partial charge < -0.3 is 10.2 Å². The molecule has 1 heterocycles. The van der Waals surface area contributed by atoms with Crippen molar-refractivity contribution in [2.75, 3.05) is 26.7 Å². The number of nitrogens with one attached hydrogen (secondary N) is 1. The predicted octanol–water partition coefficient (Wildman–Crippen LogP) is 2.27. The standard InChI is InChI=1S/C14H18F2N2O.ClH/c1-17-9-11-7-8-18(10-11)13(19)14(15,16)12-5-3-2-4-6-12;/h2-6,11,17H,7-10H2,1H3;1H. The molecule has 1 aliphatic rings. The van der Waals surface area contributed by atoms with Crippen molar-refractivity contribution in [2.24, 2.45) is 5.92 Å². The van der Waals surface area contributed by atoms with Crippen LogP contribution in [0.3, 0.4) is 0 Å². The molecule has 1 unspecified atom stereocenters. The molecule has 0 spiro atoms. The Morgan fingerprint density at radius 3 is 2.65 bits per heavy atom. The lowest BCUT2D eigenvalue weighted by atomic mass is 10.1. The molecular weight excluding hydrogens is 286 g/mol. The Bertz CT molecular complexity index is 442. The molecule has 1 saturated heterocycles. The average molecular weight is 305 g/mol. The summed E-state index contributed by atoms with van der Waals surface area (Å²) < 4.78 is 28.2. The average Bonchev–Trinajstić information content (AvgIpc) is 2.88. The third-order valence-electron chi connectivity index (χ3n) is 3.47. The number of hydrogen-bond donors (Lipinski definition) is 1. The van der Waals surface area contributed by atoms with Crippen LogP contribution >= 0.6 is 12.4 Å². The van der Waals surface area contributed by atoms with Crippen LogP contribution in [-0.4, -0.2) is 37.5 Å². The number of likely N-dealkylation sites (tertiary alicyclic amines) is 1. The molecule has 1 aromatic carbocycles. The van der Waals surface area contributed by atoms with Crippen LogP contribution in [0.15, 0.2) is 30.3 Å². The Balaban J connectivity index is 0.00000200. The van der Waals surface area contributed by atoms with Crippen LogP contribution < -0.4 is 5.32 Å². The summed E-state index contributed by atoms with van der Waals surface area (Å²) >= 11 is 0. The monoisotopic (exact) mass is 304 g/mol. The Hall–Kier alpha value is -1.20. The van der Waals surface area contributed by atoms with Crippen LogP contribution in [0.2, 0.25) is 0 Å². The van der Waals surface area contributed by atoms with Gasteiger partial charge >= 0.3 is 5.92 Å². The van der Waals surface area contributed by atoms with Crippen LogP contribution in [-0.2, 0) is 10.7 Å². The minimum atomic E-state index is -3.43. The molecule has 1 amide bonds. The first-order valence-corrected chi connectivity index (χ1v) is 6.43. The normalized spacial score (nSPS) is 18.8. The number of halogens is 3. The molecule has 1 N–H and O–H groups in total. The fraction of sp³-hybridized carbons (Fsp3) is 0.500. The van der Waals surface area contributed by atoms with Gasteiger partial charge in [-0.3, -0.25) is 4.79 Å². The van der Waals surface area contributed by atoms with Crippen molar-refractivity contribution in [3.05, 3.63) is 35.9 Å². The lowest BCUT2D eigenvalue weighted by Crippen LogP contribution is -2.41. The molecule has 0 aliphatic carbocycles. The number of alkyl halides is 2. The highest BCUT2D eigenvalue weighted by Crippen LogP contribution is 2.32. The number of carbonyl (C=O) groups excluding carboxylic acids is 1. The fourth-order valence-electron chi connectivity index (χ4n) is 2.44. The minimum absolute atomic E-state index is 0. The summed E-state index contributed by atoms with van der Waals surface area (Å²) in [4.78, 5) is 13.2. The molecule has 6 heteroatoms. The molecule has 2 rings (SSSR count). The smallest absolute Gasteiger partial charge is 0.337 e. The topological polar surface area (TPSA) is 32.3 Å². The molecule has 1 atom stereocenters. The van der Waals surface area contributed by atoms with Crippen LogP contribution in [0.25, 0.3) is 0 Å². The van der Waals surface area contributed by atoms with Gasteiger partial charge in [-0.15, -0.1) is 12.4 Å². The van der Waals surface area contributed by atoms with Gasteiger partial charge in [0, 0.05) is 18.7 Å². The molecule has 3 nitrogen and oxygen atoms in total. The second-order valence-corrected chi connectivity index (χ2v) is 4.90. The molecule has 1 aliphatic heterocycles. The van der Waals surface area contributed by atoms with Crippen molar-refractivity contribution in [3.8, 4) is 0 Å². The van der Waals surface area contributed by atoms with Crippen LogP contribution in [0.1, 0.15) is 12.0 Å². The van der Waals surface area contributed by atoms with E-state index in [0.717, 1.165) is 13.0 Å². The SMILES string of the molecule is CNCC1CCN(C(=O)C(F)(F)c2ccccc2)C1.Cl. The van der Waals surface area contributed by atoms with E-state index in [9.17, 15) is 13.6 Å². The van der Waals surface area contributed by atoms with Crippen LogP contribution in [0.5, 0.6) is 0 Å².